The molecule has 0 aliphatic heterocycles. The zero-order valence-electron chi connectivity index (χ0n) is 9.10. The van der Waals surface area contributed by atoms with Crippen LogP contribution in [0.4, 0.5) is 0 Å². The van der Waals surface area contributed by atoms with Gasteiger partial charge in [0.2, 0.25) is 5.28 Å². The molecule has 0 radical (unpaired) electrons. The second-order valence-electron chi connectivity index (χ2n) is 3.84. The van der Waals surface area contributed by atoms with Crippen molar-refractivity contribution in [3.63, 3.8) is 0 Å². The van der Waals surface area contributed by atoms with Crippen molar-refractivity contribution in [2.24, 2.45) is 5.92 Å². The topological polar surface area (TPSA) is 50.9 Å². The van der Waals surface area contributed by atoms with Crippen LogP contribution in [0, 0.1) is 5.92 Å². The molecule has 86 valence electrons. The minimum Gasteiger partial charge on any atom is -0.396 e. The van der Waals surface area contributed by atoms with Crippen molar-refractivity contribution in [3.8, 4) is 0 Å². The fourth-order valence-electron chi connectivity index (χ4n) is 1.69. The van der Waals surface area contributed by atoms with E-state index >= 15 is 0 Å². The molecule has 2 aromatic heterocycles. The Kier molecular flexibility index (Phi) is 3.41. The number of aliphatic hydroxyl groups is 1. The molecule has 0 aliphatic rings. The van der Waals surface area contributed by atoms with Crippen LogP contribution in [0.1, 0.15) is 13.3 Å². The number of rotatable bonds is 4. The summed E-state index contributed by atoms with van der Waals surface area (Å²) in [4.78, 5) is 8.12. The Balaban J connectivity index is 2.33. The molecular formula is C11H14ClN3O. The number of hydrogen-bond donors (Lipinski definition) is 1. The highest BCUT2D eigenvalue weighted by molar-refractivity contribution is 6.28. The maximum atomic E-state index is 9.18. The third kappa shape index (κ3) is 2.18. The van der Waals surface area contributed by atoms with Crippen LogP contribution in [0.15, 0.2) is 18.5 Å². The molecule has 2 aromatic rings. The van der Waals surface area contributed by atoms with Crippen molar-refractivity contribution in [1.29, 1.82) is 0 Å². The minimum atomic E-state index is 0.189. The number of aromatic nitrogens is 3. The number of aliphatic hydroxyl groups excluding tert-OH is 1. The quantitative estimate of drug-likeness (QED) is 0.832. The SMILES string of the molecule is CCC(CO)Cn1ccc2cnc(Cl)nc21. The Bertz CT molecular complexity index is 479. The van der Waals surface area contributed by atoms with E-state index in [2.05, 4.69) is 16.9 Å². The van der Waals surface area contributed by atoms with Gasteiger partial charge in [-0.25, -0.2) is 4.98 Å². The van der Waals surface area contributed by atoms with Crippen LogP contribution in [-0.2, 0) is 6.54 Å². The predicted molar refractivity (Wildman–Crippen MR) is 63.4 cm³/mol. The molecule has 0 aromatic carbocycles. The minimum absolute atomic E-state index is 0.189. The fourth-order valence-corrected chi connectivity index (χ4v) is 1.82. The molecular weight excluding hydrogens is 226 g/mol. The molecule has 0 saturated heterocycles. The molecule has 4 nitrogen and oxygen atoms in total. The Morgan fingerprint density at radius 2 is 2.38 bits per heavy atom. The molecule has 0 bridgehead atoms. The van der Waals surface area contributed by atoms with Crippen molar-refractivity contribution in [2.45, 2.75) is 19.9 Å². The molecule has 0 saturated carbocycles. The second-order valence-corrected chi connectivity index (χ2v) is 4.18. The van der Waals surface area contributed by atoms with Crippen molar-refractivity contribution in [2.75, 3.05) is 6.61 Å². The summed E-state index contributed by atoms with van der Waals surface area (Å²) in [7, 11) is 0. The molecule has 0 spiro atoms. The Morgan fingerprint density at radius 1 is 1.56 bits per heavy atom. The first-order chi connectivity index (χ1) is 7.74. The molecule has 0 fully saturated rings. The molecule has 0 aliphatic carbocycles. The lowest BCUT2D eigenvalue weighted by Crippen LogP contribution is -2.13. The van der Waals surface area contributed by atoms with E-state index in [4.69, 9.17) is 11.6 Å². The van der Waals surface area contributed by atoms with Crippen molar-refractivity contribution < 1.29 is 5.11 Å². The lowest BCUT2D eigenvalue weighted by Gasteiger charge is -2.12. The van der Waals surface area contributed by atoms with E-state index in [9.17, 15) is 5.11 Å². The average molecular weight is 240 g/mol. The maximum absolute atomic E-state index is 9.18. The van der Waals surface area contributed by atoms with Crippen LogP contribution in [0.25, 0.3) is 11.0 Å². The highest BCUT2D eigenvalue weighted by atomic mass is 35.5. The number of hydrogen-bond acceptors (Lipinski definition) is 3. The van der Waals surface area contributed by atoms with Crippen LogP contribution in [0.3, 0.4) is 0 Å². The lowest BCUT2D eigenvalue weighted by atomic mass is 10.1. The highest BCUT2D eigenvalue weighted by Gasteiger charge is 2.09. The van der Waals surface area contributed by atoms with Crippen LogP contribution in [0.2, 0.25) is 5.28 Å². The first-order valence-corrected chi connectivity index (χ1v) is 5.70. The molecule has 1 unspecified atom stereocenters. The zero-order valence-corrected chi connectivity index (χ0v) is 9.85. The van der Waals surface area contributed by atoms with Gasteiger partial charge in [-0.2, -0.15) is 4.98 Å². The first-order valence-electron chi connectivity index (χ1n) is 5.32. The Hall–Kier alpha value is -1.13. The predicted octanol–water partition coefficient (Wildman–Crippen LogP) is 2.10. The Morgan fingerprint density at radius 3 is 3.06 bits per heavy atom. The lowest BCUT2D eigenvalue weighted by molar-refractivity contribution is 0.208. The van der Waals surface area contributed by atoms with Gasteiger partial charge in [-0.1, -0.05) is 6.92 Å². The summed E-state index contributed by atoms with van der Waals surface area (Å²) >= 11 is 5.77. The summed E-state index contributed by atoms with van der Waals surface area (Å²) in [6.45, 7) is 3.01. The van der Waals surface area contributed by atoms with Gasteiger partial charge in [0.1, 0.15) is 5.65 Å². The third-order valence-corrected chi connectivity index (χ3v) is 2.95. The molecule has 16 heavy (non-hydrogen) atoms. The summed E-state index contributed by atoms with van der Waals surface area (Å²) < 4.78 is 2.01. The molecule has 1 N–H and O–H groups in total. The van der Waals surface area contributed by atoms with Gasteiger partial charge in [0, 0.05) is 30.9 Å². The monoisotopic (exact) mass is 239 g/mol. The van der Waals surface area contributed by atoms with E-state index in [1.807, 2.05) is 16.8 Å². The van der Waals surface area contributed by atoms with Gasteiger partial charge < -0.3 is 9.67 Å². The molecule has 5 heteroatoms. The summed E-state index contributed by atoms with van der Waals surface area (Å²) in [6, 6.07) is 1.95. The van der Waals surface area contributed by atoms with E-state index < -0.39 is 0 Å². The van der Waals surface area contributed by atoms with E-state index in [0.717, 1.165) is 24.0 Å². The maximum Gasteiger partial charge on any atom is 0.224 e. The molecule has 0 amide bonds. The van der Waals surface area contributed by atoms with Gasteiger partial charge in [0.05, 0.1) is 0 Å². The molecule has 2 rings (SSSR count). The average Bonchev–Trinajstić information content (AvgIpc) is 2.68. The van der Waals surface area contributed by atoms with E-state index in [0.29, 0.717) is 0 Å². The zero-order chi connectivity index (χ0) is 11.5. The smallest absolute Gasteiger partial charge is 0.224 e. The number of halogens is 1. The summed E-state index contributed by atoms with van der Waals surface area (Å²) in [5, 5.41) is 10.4. The normalized spacial score (nSPS) is 13.2. The number of nitrogens with zero attached hydrogens (tertiary/aromatic N) is 3. The fraction of sp³-hybridized carbons (Fsp3) is 0.455. The largest absolute Gasteiger partial charge is 0.396 e. The van der Waals surface area contributed by atoms with Crippen LogP contribution in [-0.4, -0.2) is 26.2 Å². The summed E-state index contributed by atoms with van der Waals surface area (Å²) in [6.07, 6.45) is 4.60. The number of fused-ring (bicyclic) bond motifs is 1. The van der Waals surface area contributed by atoms with Crippen LogP contribution < -0.4 is 0 Å². The van der Waals surface area contributed by atoms with Gasteiger partial charge in [-0.15, -0.1) is 0 Å². The van der Waals surface area contributed by atoms with Crippen molar-refractivity contribution in [1.82, 2.24) is 14.5 Å². The van der Waals surface area contributed by atoms with Crippen LogP contribution >= 0.6 is 11.6 Å². The van der Waals surface area contributed by atoms with E-state index in [1.165, 1.54) is 0 Å². The van der Waals surface area contributed by atoms with Gasteiger partial charge in [-0.3, -0.25) is 0 Å². The van der Waals surface area contributed by atoms with Gasteiger partial charge in [-0.05, 0) is 30.0 Å². The highest BCUT2D eigenvalue weighted by Crippen LogP contribution is 2.16. The van der Waals surface area contributed by atoms with Gasteiger partial charge in [0.25, 0.3) is 0 Å². The Labute approximate surface area is 98.9 Å². The third-order valence-electron chi connectivity index (χ3n) is 2.76. The van der Waals surface area contributed by atoms with Gasteiger partial charge >= 0.3 is 0 Å². The summed E-state index contributed by atoms with van der Waals surface area (Å²) in [5.41, 5.74) is 0.826. The van der Waals surface area contributed by atoms with E-state index in [1.54, 1.807) is 6.20 Å². The summed E-state index contributed by atoms with van der Waals surface area (Å²) in [5.74, 6) is 0.254. The van der Waals surface area contributed by atoms with Crippen LogP contribution in [0.5, 0.6) is 0 Å². The standard InChI is InChI=1S/C11H14ClN3O/c1-2-8(7-16)6-15-4-3-9-5-13-11(12)14-10(9)15/h3-5,8,16H,2,6-7H2,1H3. The second kappa shape index (κ2) is 4.80. The molecule has 2 heterocycles. The van der Waals surface area contributed by atoms with Crippen molar-refractivity contribution in [3.05, 3.63) is 23.7 Å². The first kappa shape index (κ1) is 11.4. The van der Waals surface area contributed by atoms with Gasteiger partial charge in [0.15, 0.2) is 0 Å². The molecule has 1 atom stereocenters. The van der Waals surface area contributed by atoms with Crippen molar-refractivity contribution >= 4 is 22.6 Å². The van der Waals surface area contributed by atoms with E-state index in [-0.39, 0.29) is 17.8 Å².